The zero-order valence-electron chi connectivity index (χ0n) is 11.4. The summed E-state index contributed by atoms with van der Waals surface area (Å²) in [7, 11) is 0. The molecule has 0 aromatic heterocycles. The monoisotopic (exact) mass is 240 g/mol. The highest BCUT2D eigenvalue weighted by Crippen LogP contribution is 2.40. The Labute approximate surface area is 106 Å². The summed E-state index contributed by atoms with van der Waals surface area (Å²) in [4.78, 5) is 12.1. The third-order valence-corrected chi connectivity index (χ3v) is 4.05. The lowest BCUT2D eigenvalue weighted by Gasteiger charge is -2.39. The Bertz CT molecular complexity index is 231. The Hall–Kier alpha value is -0.570. The highest BCUT2D eigenvalue weighted by atomic mass is 16.2. The van der Waals surface area contributed by atoms with Crippen LogP contribution in [-0.4, -0.2) is 18.5 Å². The van der Waals surface area contributed by atoms with Crippen LogP contribution in [0.5, 0.6) is 0 Å². The van der Waals surface area contributed by atoms with E-state index in [1.54, 1.807) is 0 Å². The molecule has 17 heavy (non-hydrogen) atoms. The van der Waals surface area contributed by atoms with Crippen molar-refractivity contribution in [3.63, 3.8) is 0 Å². The second-order valence-electron chi connectivity index (χ2n) is 5.56. The maximum absolute atomic E-state index is 12.1. The van der Waals surface area contributed by atoms with Crippen molar-refractivity contribution >= 4 is 5.91 Å². The molecular formula is C14H28N2O. The highest BCUT2D eigenvalue weighted by molar-refractivity contribution is 5.84. The van der Waals surface area contributed by atoms with Gasteiger partial charge in [0.25, 0.3) is 0 Å². The zero-order chi connectivity index (χ0) is 12.7. The van der Waals surface area contributed by atoms with Gasteiger partial charge in [0, 0.05) is 12.6 Å². The zero-order valence-corrected chi connectivity index (χ0v) is 11.4. The van der Waals surface area contributed by atoms with Crippen molar-refractivity contribution < 1.29 is 4.79 Å². The van der Waals surface area contributed by atoms with Crippen molar-refractivity contribution in [2.75, 3.05) is 6.54 Å². The first-order valence-electron chi connectivity index (χ1n) is 7.15. The molecule has 1 rings (SSSR count). The predicted molar refractivity (Wildman–Crippen MR) is 71.7 cm³/mol. The maximum atomic E-state index is 12.1. The second-order valence-corrected chi connectivity index (χ2v) is 5.56. The number of hydrogen-bond donors (Lipinski definition) is 2. The van der Waals surface area contributed by atoms with Gasteiger partial charge in [0.05, 0.1) is 5.41 Å². The van der Waals surface area contributed by atoms with Gasteiger partial charge in [-0.3, -0.25) is 4.79 Å². The van der Waals surface area contributed by atoms with Gasteiger partial charge in [-0.05, 0) is 26.2 Å². The van der Waals surface area contributed by atoms with Crippen molar-refractivity contribution in [2.45, 2.75) is 71.3 Å². The van der Waals surface area contributed by atoms with E-state index in [0.29, 0.717) is 12.6 Å². The van der Waals surface area contributed by atoms with E-state index in [9.17, 15) is 4.79 Å². The van der Waals surface area contributed by atoms with Gasteiger partial charge in [-0.1, -0.05) is 39.0 Å². The van der Waals surface area contributed by atoms with Crippen molar-refractivity contribution in [3.05, 3.63) is 0 Å². The first kappa shape index (κ1) is 14.5. The first-order chi connectivity index (χ1) is 8.14. The Morgan fingerprint density at radius 2 is 2.06 bits per heavy atom. The summed E-state index contributed by atoms with van der Waals surface area (Å²) in [6.07, 6.45) is 9.23. The summed E-state index contributed by atoms with van der Waals surface area (Å²) in [6, 6.07) is 0.295. The molecule has 0 aromatic rings. The average molecular weight is 240 g/mol. The van der Waals surface area contributed by atoms with E-state index in [-0.39, 0.29) is 11.3 Å². The topological polar surface area (TPSA) is 55.1 Å². The summed E-state index contributed by atoms with van der Waals surface area (Å²) in [5, 5.41) is 3.13. The van der Waals surface area contributed by atoms with Crippen LogP contribution in [0.1, 0.15) is 65.2 Å². The van der Waals surface area contributed by atoms with Gasteiger partial charge in [0.1, 0.15) is 0 Å². The minimum atomic E-state index is -0.225. The van der Waals surface area contributed by atoms with E-state index >= 15 is 0 Å². The summed E-state index contributed by atoms with van der Waals surface area (Å²) < 4.78 is 0. The van der Waals surface area contributed by atoms with Crippen LogP contribution < -0.4 is 11.1 Å². The molecule has 1 fully saturated rings. The van der Waals surface area contributed by atoms with E-state index < -0.39 is 0 Å². The van der Waals surface area contributed by atoms with Crippen LogP contribution in [-0.2, 0) is 4.79 Å². The normalized spacial score (nSPS) is 19.5. The Morgan fingerprint density at radius 3 is 2.53 bits per heavy atom. The largest absolute Gasteiger partial charge is 0.353 e. The van der Waals surface area contributed by atoms with E-state index in [2.05, 4.69) is 19.2 Å². The number of rotatable bonds is 8. The van der Waals surface area contributed by atoms with Crippen molar-refractivity contribution in [2.24, 2.45) is 11.1 Å². The molecule has 0 spiro atoms. The molecule has 1 atom stereocenters. The van der Waals surface area contributed by atoms with E-state index in [0.717, 1.165) is 25.7 Å². The fourth-order valence-electron chi connectivity index (χ4n) is 2.45. The lowest BCUT2D eigenvalue weighted by Crippen LogP contribution is -2.52. The number of carbonyl (C=O) groups is 1. The fourth-order valence-corrected chi connectivity index (χ4v) is 2.45. The molecule has 0 saturated heterocycles. The highest BCUT2D eigenvalue weighted by Gasteiger charge is 2.42. The average Bonchev–Trinajstić information content (AvgIpc) is 2.23. The summed E-state index contributed by atoms with van der Waals surface area (Å²) in [5.41, 5.74) is 5.50. The lowest BCUT2D eigenvalue weighted by molar-refractivity contribution is -0.135. The third kappa shape index (κ3) is 3.98. The standard InChI is InChI=1S/C14H28N2O/c1-3-4-5-6-8-12(2)16-13(17)14(11-15)9-7-10-14/h12H,3-11,15H2,1-2H3,(H,16,17). The summed E-state index contributed by atoms with van der Waals surface area (Å²) >= 11 is 0. The van der Waals surface area contributed by atoms with Crippen molar-refractivity contribution in [3.8, 4) is 0 Å². The van der Waals surface area contributed by atoms with E-state index in [4.69, 9.17) is 5.73 Å². The number of nitrogens with two attached hydrogens (primary N) is 1. The Kier molecular flexibility index (Phi) is 5.96. The fraction of sp³-hybridized carbons (Fsp3) is 0.929. The molecule has 3 heteroatoms. The SMILES string of the molecule is CCCCCCC(C)NC(=O)C1(CN)CCC1. The van der Waals surface area contributed by atoms with Gasteiger partial charge in [0.2, 0.25) is 5.91 Å². The number of hydrogen-bond acceptors (Lipinski definition) is 2. The molecule has 0 radical (unpaired) electrons. The molecule has 0 heterocycles. The minimum absolute atomic E-state index is 0.189. The van der Waals surface area contributed by atoms with Crippen LogP contribution in [0.25, 0.3) is 0 Å². The van der Waals surface area contributed by atoms with E-state index in [1.165, 1.54) is 25.7 Å². The molecule has 1 saturated carbocycles. The quantitative estimate of drug-likeness (QED) is 0.641. The molecule has 100 valence electrons. The minimum Gasteiger partial charge on any atom is -0.353 e. The van der Waals surface area contributed by atoms with Crippen molar-refractivity contribution in [1.82, 2.24) is 5.32 Å². The van der Waals surface area contributed by atoms with Gasteiger partial charge < -0.3 is 11.1 Å². The second kappa shape index (κ2) is 7.00. The molecule has 0 aromatic carbocycles. The maximum Gasteiger partial charge on any atom is 0.227 e. The number of carbonyl (C=O) groups excluding carboxylic acids is 1. The Morgan fingerprint density at radius 1 is 1.35 bits per heavy atom. The molecule has 1 unspecified atom stereocenters. The van der Waals surface area contributed by atoms with Crippen LogP contribution in [0.3, 0.4) is 0 Å². The van der Waals surface area contributed by atoms with Crippen LogP contribution in [0.2, 0.25) is 0 Å². The van der Waals surface area contributed by atoms with Crippen molar-refractivity contribution in [1.29, 1.82) is 0 Å². The molecule has 1 aliphatic rings. The predicted octanol–water partition coefficient (Wildman–Crippen LogP) is 2.59. The van der Waals surface area contributed by atoms with Crippen LogP contribution >= 0.6 is 0 Å². The molecule has 1 aliphatic carbocycles. The number of unbranched alkanes of at least 4 members (excludes halogenated alkanes) is 3. The molecule has 3 nitrogen and oxygen atoms in total. The van der Waals surface area contributed by atoms with Gasteiger partial charge in [-0.2, -0.15) is 0 Å². The molecular weight excluding hydrogens is 212 g/mol. The summed E-state index contributed by atoms with van der Waals surface area (Å²) in [5.74, 6) is 0.189. The van der Waals surface area contributed by atoms with Crippen LogP contribution in [0.4, 0.5) is 0 Å². The van der Waals surface area contributed by atoms with Crippen LogP contribution in [0, 0.1) is 5.41 Å². The Balaban J connectivity index is 2.21. The van der Waals surface area contributed by atoms with Gasteiger partial charge >= 0.3 is 0 Å². The molecule has 3 N–H and O–H groups in total. The molecule has 0 aliphatic heterocycles. The van der Waals surface area contributed by atoms with E-state index in [1.807, 2.05) is 0 Å². The number of nitrogens with one attached hydrogen (secondary N) is 1. The van der Waals surface area contributed by atoms with Gasteiger partial charge in [-0.15, -0.1) is 0 Å². The molecule has 0 bridgehead atoms. The van der Waals surface area contributed by atoms with Gasteiger partial charge in [-0.25, -0.2) is 0 Å². The lowest BCUT2D eigenvalue weighted by atomic mass is 9.68. The summed E-state index contributed by atoms with van der Waals surface area (Å²) in [6.45, 7) is 4.82. The number of amides is 1. The smallest absolute Gasteiger partial charge is 0.227 e. The van der Waals surface area contributed by atoms with Gasteiger partial charge in [0.15, 0.2) is 0 Å². The third-order valence-electron chi connectivity index (χ3n) is 4.05. The van der Waals surface area contributed by atoms with Crippen LogP contribution in [0.15, 0.2) is 0 Å². The first-order valence-corrected chi connectivity index (χ1v) is 7.15. The molecule has 1 amide bonds.